The van der Waals surface area contributed by atoms with Gasteiger partial charge in [0.05, 0.1) is 34.9 Å². The number of hydrogen-bond acceptors (Lipinski definition) is 9. The zero-order chi connectivity index (χ0) is 26.7. The van der Waals surface area contributed by atoms with Crippen LogP contribution in [0, 0.1) is 11.3 Å². The molecule has 0 radical (unpaired) electrons. The van der Waals surface area contributed by atoms with E-state index in [1.807, 2.05) is 4.90 Å². The van der Waals surface area contributed by atoms with Crippen LogP contribution in [-0.4, -0.2) is 70.6 Å². The third-order valence-corrected chi connectivity index (χ3v) is 10.2. The summed E-state index contributed by atoms with van der Waals surface area (Å²) in [5.74, 6) is -1.34. The summed E-state index contributed by atoms with van der Waals surface area (Å²) >= 11 is 1.39. The second kappa shape index (κ2) is 11.4. The number of anilines is 2. The van der Waals surface area contributed by atoms with Gasteiger partial charge in [-0.15, -0.1) is 11.3 Å². The van der Waals surface area contributed by atoms with Crippen LogP contribution < -0.4 is 10.2 Å². The van der Waals surface area contributed by atoms with Crippen LogP contribution in [0.4, 0.5) is 10.7 Å². The molecule has 1 amide bonds. The van der Waals surface area contributed by atoms with E-state index in [0.717, 1.165) is 49.0 Å². The van der Waals surface area contributed by atoms with Gasteiger partial charge in [-0.3, -0.25) is 4.79 Å². The summed E-state index contributed by atoms with van der Waals surface area (Å²) in [5, 5.41) is 12.7. The third kappa shape index (κ3) is 5.42. The summed E-state index contributed by atoms with van der Waals surface area (Å²) in [4.78, 5) is 29.0. The Balaban J connectivity index is 1.34. The number of amides is 1. The number of aryl methyl sites for hydroxylation is 1. The fourth-order valence-corrected chi connectivity index (χ4v) is 7.96. The third-order valence-electron chi connectivity index (χ3n) is 7.11. The van der Waals surface area contributed by atoms with Crippen LogP contribution in [0.5, 0.6) is 0 Å². The maximum Gasteiger partial charge on any atom is 0.340 e. The van der Waals surface area contributed by atoms with Gasteiger partial charge in [0, 0.05) is 31.1 Å². The van der Waals surface area contributed by atoms with Gasteiger partial charge in [-0.25, -0.2) is 13.2 Å². The second-order valence-corrected chi connectivity index (χ2v) is 12.6. The molecule has 2 aliphatic heterocycles. The average Bonchev–Trinajstić information content (AvgIpc) is 3.53. The first-order valence-electron chi connectivity index (χ1n) is 12.9. The summed E-state index contributed by atoms with van der Waals surface area (Å²) in [6.07, 6.45) is 5.30. The molecule has 0 spiro atoms. The molecule has 2 fully saturated rings. The van der Waals surface area contributed by atoms with Crippen molar-refractivity contribution in [2.45, 2.75) is 43.4 Å². The van der Waals surface area contributed by atoms with E-state index in [-0.39, 0.29) is 10.5 Å². The van der Waals surface area contributed by atoms with Gasteiger partial charge in [0.25, 0.3) is 5.91 Å². The molecule has 12 heteroatoms. The van der Waals surface area contributed by atoms with Gasteiger partial charge in [-0.2, -0.15) is 9.57 Å². The molecule has 38 heavy (non-hydrogen) atoms. The highest BCUT2D eigenvalue weighted by Gasteiger charge is 2.29. The summed E-state index contributed by atoms with van der Waals surface area (Å²) in [7, 11) is -3.77. The SMILES string of the molecule is N#Cc1c(NC(=O)COC(=O)c2cc(S(=O)(=O)N3CCCCC3)ccc2N2CCOCC2)sc2c1CCC2. The maximum atomic E-state index is 13.3. The van der Waals surface area contributed by atoms with E-state index in [0.29, 0.717) is 55.6 Å². The van der Waals surface area contributed by atoms with Crippen LogP contribution in [0.3, 0.4) is 0 Å². The Labute approximate surface area is 226 Å². The fourth-order valence-electron chi connectivity index (χ4n) is 5.16. The molecule has 202 valence electrons. The Morgan fingerprint density at radius 3 is 2.58 bits per heavy atom. The van der Waals surface area contributed by atoms with Crippen molar-refractivity contribution in [3.8, 4) is 6.07 Å². The molecule has 0 unspecified atom stereocenters. The molecular formula is C26H30N4O6S2. The number of nitrogens with one attached hydrogen (secondary N) is 1. The van der Waals surface area contributed by atoms with E-state index in [1.54, 1.807) is 6.07 Å². The van der Waals surface area contributed by atoms with Crippen molar-refractivity contribution in [2.75, 3.05) is 56.2 Å². The number of piperidine rings is 1. The molecule has 3 aliphatic rings. The molecule has 10 nitrogen and oxygen atoms in total. The van der Waals surface area contributed by atoms with Crippen LogP contribution in [0.15, 0.2) is 23.1 Å². The van der Waals surface area contributed by atoms with Crippen molar-refractivity contribution in [1.82, 2.24) is 4.31 Å². The van der Waals surface area contributed by atoms with Crippen molar-refractivity contribution in [3.63, 3.8) is 0 Å². The lowest BCUT2D eigenvalue weighted by Crippen LogP contribution is -2.38. The molecule has 2 saturated heterocycles. The van der Waals surface area contributed by atoms with Gasteiger partial charge in [-0.1, -0.05) is 6.42 Å². The van der Waals surface area contributed by atoms with Gasteiger partial charge in [0.2, 0.25) is 10.0 Å². The number of esters is 1. The average molecular weight is 559 g/mol. The Kier molecular flexibility index (Phi) is 7.99. The minimum atomic E-state index is -3.77. The first-order valence-corrected chi connectivity index (χ1v) is 15.1. The lowest BCUT2D eigenvalue weighted by molar-refractivity contribution is -0.119. The van der Waals surface area contributed by atoms with E-state index in [1.165, 1.54) is 27.8 Å². The number of benzene rings is 1. The van der Waals surface area contributed by atoms with Crippen molar-refractivity contribution >= 4 is 43.9 Å². The number of thiophene rings is 1. The van der Waals surface area contributed by atoms with Crippen LogP contribution in [0.25, 0.3) is 0 Å². The van der Waals surface area contributed by atoms with Gasteiger partial charge < -0.3 is 19.7 Å². The summed E-state index contributed by atoms with van der Waals surface area (Å²) in [5.41, 5.74) is 2.10. The quantitative estimate of drug-likeness (QED) is 0.514. The zero-order valence-electron chi connectivity index (χ0n) is 21.0. The highest BCUT2D eigenvalue weighted by atomic mass is 32.2. The summed E-state index contributed by atoms with van der Waals surface area (Å²) in [6, 6.07) is 6.68. The van der Waals surface area contributed by atoms with Crippen LogP contribution in [0.1, 0.15) is 52.0 Å². The largest absolute Gasteiger partial charge is 0.452 e. The van der Waals surface area contributed by atoms with Gasteiger partial charge in [0.15, 0.2) is 6.61 Å². The molecule has 0 atom stereocenters. The zero-order valence-corrected chi connectivity index (χ0v) is 22.7. The molecular weight excluding hydrogens is 528 g/mol. The smallest absolute Gasteiger partial charge is 0.340 e. The van der Waals surface area contributed by atoms with Crippen molar-refractivity contribution in [3.05, 3.63) is 39.8 Å². The van der Waals surface area contributed by atoms with Crippen molar-refractivity contribution < 1.29 is 27.5 Å². The first-order chi connectivity index (χ1) is 18.4. The number of carbonyl (C=O) groups is 2. The number of morpholine rings is 1. The minimum absolute atomic E-state index is 0.0274. The number of hydrogen-bond donors (Lipinski definition) is 1. The molecule has 1 N–H and O–H groups in total. The molecule has 0 bridgehead atoms. The molecule has 1 aliphatic carbocycles. The number of fused-ring (bicyclic) bond motifs is 1. The number of sulfonamides is 1. The van der Waals surface area contributed by atoms with Gasteiger partial charge >= 0.3 is 5.97 Å². The first kappa shape index (κ1) is 26.6. The monoisotopic (exact) mass is 558 g/mol. The Bertz CT molecular complexity index is 1370. The number of carbonyl (C=O) groups excluding carboxylic acids is 2. The molecule has 3 heterocycles. The predicted molar refractivity (Wildman–Crippen MR) is 142 cm³/mol. The molecule has 1 aromatic heterocycles. The second-order valence-electron chi connectivity index (χ2n) is 9.54. The minimum Gasteiger partial charge on any atom is -0.452 e. The van der Waals surface area contributed by atoms with E-state index >= 15 is 0 Å². The molecule has 1 aromatic carbocycles. The van der Waals surface area contributed by atoms with Crippen LogP contribution in [-0.2, 0) is 37.1 Å². The molecule has 2 aromatic rings. The number of rotatable bonds is 7. The topological polar surface area (TPSA) is 129 Å². The summed E-state index contributed by atoms with van der Waals surface area (Å²) in [6.45, 7) is 2.39. The number of nitriles is 1. The van der Waals surface area contributed by atoms with Gasteiger partial charge in [-0.05, 0) is 55.9 Å². The lowest BCUT2D eigenvalue weighted by atomic mass is 10.1. The lowest BCUT2D eigenvalue weighted by Gasteiger charge is -2.31. The van der Waals surface area contributed by atoms with Gasteiger partial charge in [0.1, 0.15) is 11.1 Å². The van der Waals surface area contributed by atoms with E-state index < -0.39 is 28.5 Å². The van der Waals surface area contributed by atoms with Crippen molar-refractivity contribution in [1.29, 1.82) is 5.26 Å². The number of ether oxygens (including phenoxy) is 2. The van der Waals surface area contributed by atoms with Crippen LogP contribution in [0.2, 0.25) is 0 Å². The number of nitrogens with zero attached hydrogens (tertiary/aromatic N) is 3. The van der Waals surface area contributed by atoms with Crippen LogP contribution >= 0.6 is 11.3 Å². The predicted octanol–water partition coefficient (Wildman–Crippen LogP) is 2.92. The van der Waals surface area contributed by atoms with E-state index in [9.17, 15) is 23.3 Å². The summed E-state index contributed by atoms with van der Waals surface area (Å²) < 4.78 is 38.8. The Morgan fingerprint density at radius 1 is 1.08 bits per heavy atom. The van der Waals surface area contributed by atoms with Crippen molar-refractivity contribution in [2.24, 2.45) is 0 Å². The highest BCUT2D eigenvalue weighted by Crippen LogP contribution is 2.38. The van der Waals surface area contributed by atoms with E-state index in [2.05, 4.69) is 11.4 Å². The normalized spacial score (nSPS) is 18.0. The maximum absolute atomic E-state index is 13.3. The highest BCUT2D eigenvalue weighted by molar-refractivity contribution is 7.89. The standard InChI is InChI=1S/C26H30N4O6S2/c27-16-21-19-5-4-6-23(19)37-25(21)28-24(31)17-36-26(32)20-15-18(38(33,34)30-9-2-1-3-10-30)7-8-22(20)29-11-13-35-14-12-29/h7-8,15H,1-6,9-14,17H2,(H,28,31). The fraction of sp³-hybridized carbons (Fsp3) is 0.500. The molecule has 5 rings (SSSR count). The Morgan fingerprint density at radius 2 is 1.84 bits per heavy atom. The Hall–Kier alpha value is -2.98. The van der Waals surface area contributed by atoms with E-state index in [4.69, 9.17) is 9.47 Å². The molecule has 0 saturated carbocycles.